The summed E-state index contributed by atoms with van der Waals surface area (Å²) in [6.07, 6.45) is 1.40. The van der Waals surface area contributed by atoms with E-state index in [-0.39, 0.29) is 18.8 Å². The number of hydrogen-bond donors (Lipinski definition) is 1. The van der Waals surface area contributed by atoms with Crippen molar-refractivity contribution in [3.8, 4) is 11.5 Å². The molecule has 0 amide bonds. The SMILES string of the molecule is C[C@@H]([C@@H](O)COc1ccccc1)N1CCC(Oc2ccc(Cl)c(Cl)c2)CC1. The number of hydrogen-bond acceptors (Lipinski definition) is 4. The van der Waals surface area contributed by atoms with Crippen molar-refractivity contribution in [2.45, 2.75) is 38.0 Å². The second-order valence-corrected chi connectivity index (χ2v) is 7.68. The first-order valence-electron chi connectivity index (χ1n) is 9.24. The summed E-state index contributed by atoms with van der Waals surface area (Å²) in [4.78, 5) is 2.29. The number of ether oxygens (including phenoxy) is 2. The molecule has 2 aromatic carbocycles. The van der Waals surface area contributed by atoms with Crippen molar-refractivity contribution in [1.82, 2.24) is 4.90 Å². The van der Waals surface area contributed by atoms with Crippen molar-refractivity contribution >= 4 is 23.2 Å². The molecule has 3 rings (SSSR count). The highest BCUT2D eigenvalue weighted by Crippen LogP contribution is 2.28. The highest BCUT2D eigenvalue weighted by molar-refractivity contribution is 6.42. The Hall–Kier alpha value is -1.46. The minimum absolute atomic E-state index is 0.0274. The number of likely N-dealkylation sites (tertiary alicyclic amines) is 1. The van der Waals surface area contributed by atoms with Gasteiger partial charge in [-0.2, -0.15) is 0 Å². The third kappa shape index (κ3) is 5.76. The van der Waals surface area contributed by atoms with E-state index in [4.69, 9.17) is 32.7 Å². The summed E-state index contributed by atoms with van der Waals surface area (Å²) in [5.74, 6) is 1.52. The second-order valence-electron chi connectivity index (χ2n) is 6.86. The molecule has 1 N–H and O–H groups in total. The highest BCUT2D eigenvalue weighted by Gasteiger charge is 2.28. The number of benzene rings is 2. The van der Waals surface area contributed by atoms with Crippen LogP contribution in [-0.4, -0.2) is 48.0 Å². The van der Waals surface area contributed by atoms with Crippen LogP contribution in [0.25, 0.3) is 0 Å². The molecule has 0 aliphatic carbocycles. The van der Waals surface area contributed by atoms with Crippen molar-refractivity contribution in [1.29, 1.82) is 0 Å². The van der Waals surface area contributed by atoms with Gasteiger partial charge in [0, 0.05) is 25.2 Å². The Morgan fingerprint density at radius 2 is 1.74 bits per heavy atom. The lowest BCUT2D eigenvalue weighted by atomic mass is 10.0. The van der Waals surface area contributed by atoms with Gasteiger partial charge in [0.1, 0.15) is 30.3 Å². The van der Waals surface area contributed by atoms with Crippen molar-refractivity contribution in [3.63, 3.8) is 0 Å². The van der Waals surface area contributed by atoms with E-state index in [0.29, 0.717) is 10.0 Å². The lowest BCUT2D eigenvalue weighted by molar-refractivity contribution is 0.00123. The van der Waals surface area contributed by atoms with Crippen LogP contribution in [0, 0.1) is 0 Å². The zero-order chi connectivity index (χ0) is 19.2. The Bertz CT molecular complexity index is 721. The third-order valence-corrected chi connectivity index (χ3v) is 5.71. The van der Waals surface area contributed by atoms with Crippen molar-refractivity contribution in [2.75, 3.05) is 19.7 Å². The summed E-state index contributed by atoms with van der Waals surface area (Å²) in [6, 6.07) is 14.9. The minimum atomic E-state index is -0.544. The van der Waals surface area contributed by atoms with Crippen molar-refractivity contribution < 1.29 is 14.6 Å². The maximum absolute atomic E-state index is 10.5. The lowest BCUT2D eigenvalue weighted by Crippen LogP contribution is -2.49. The van der Waals surface area contributed by atoms with Gasteiger partial charge < -0.3 is 14.6 Å². The van der Waals surface area contributed by atoms with Gasteiger partial charge in [-0.15, -0.1) is 0 Å². The first-order valence-corrected chi connectivity index (χ1v) is 10.00. The Kier molecular flexibility index (Phi) is 7.25. The number of nitrogens with zero attached hydrogens (tertiary/aromatic N) is 1. The summed E-state index contributed by atoms with van der Waals surface area (Å²) in [5, 5.41) is 11.5. The van der Waals surface area contributed by atoms with Gasteiger partial charge in [0.2, 0.25) is 0 Å². The molecule has 1 aliphatic rings. The van der Waals surface area contributed by atoms with E-state index in [9.17, 15) is 5.11 Å². The number of para-hydroxylation sites is 1. The Morgan fingerprint density at radius 3 is 2.41 bits per heavy atom. The molecule has 4 nitrogen and oxygen atoms in total. The smallest absolute Gasteiger partial charge is 0.121 e. The molecule has 27 heavy (non-hydrogen) atoms. The van der Waals surface area contributed by atoms with E-state index < -0.39 is 6.10 Å². The molecule has 1 heterocycles. The maximum Gasteiger partial charge on any atom is 0.121 e. The monoisotopic (exact) mass is 409 g/mol. The molecule has 146 valence electrons. The maximum atomic E-state index is 10.5. The number of aliphatic hydroxyl groups is 1. The number of halogens is 2. The average molecular weight is 410 g/mol. The zero-order valence-corrected chi connectivity index (χ0v) is 16.9. The van der Waals surface area contributed by atoms with Crippen LogP contribution in [0.3, 0.4) is 0 Å². The predicted octanol–water partition coefficient (Wildman–Crippen LogP) is 4.67. The molecule has 0 unspecified atom stereocenters. The van der Waals surface area contributed by atoms with Crippen LogP contribution >= 0.6 is 23.2 Å². The quantitative estimate of drug-likeness (QED) is 0.721. The van der Waals surface area contributed by atoms with E-state index >= 15 is 0 Å². The highest BCUT2D eigenvalue weighted by atomic mass is 35.5. The minimum Gasteiger partial charge on any atom is -0.491 e. The first kappa shape index (κ1) is 20.3. The summed E-state index contributed by atoms with van der Waals surface area (Å²) < 4.78 is 11.7. The van der Waals surface area contributed by atoms with Crippen LogP contribution in [0.15, 0.2) is 48.5 Å². The molecule has 2 atom stereocenters. The van der Waals surface area contributed by atoms with Gasteiger partial charge in [-0.3, -0.25) is 4.90 Å². The first-order chi connectivity index (χ1) is 13.0. The molecule has 2 aromatic rings. The predicted molar refractivity (Wildman–Crippen MR) is 109 cm³/mol. The third-order valence-electron chi connectivity index (χ3n) is 4.97. The molecule has 0 radical (unpaired) electrons. The fraction of sp³-hybridized carbons (Fsp3) is 0.429. The summed E-state index contributed by atoms with van der Waals surface area (Å²) in [7, 11) is 0. The van der Waals surface area contributed by atoms with Crippen LogP contribution in [-0.2, 0) is 0 Å². The van der Waals surface area contributed by atoms with Crippen LogP contribution in [0.5, 0.6) is 11.5 Å². The fourth-order valence-corrected chi connectivity index (χ4v) is 3.51. The molecule has 6 heteroatoms. The van der Waals surface area contributed by atoms with Crippen LogP contribution < -0.4 is 9.47 Å². The summed E-state index contributed by atoms with van der Waals surface area (Å²) in [6.45, 7) is 4.06. The van der Waals surface area contributed by atoms with Gasteiger partial charge in [0.25, 0.3) is 0 Å². The normalized spacial score (nSPS) is 18.1. The summed E-state index contributed by atoms with van der Waals surface area (Å²) >= 11 is 12.0. The Labute approximate surface area is 170 Å². The van der Waals surface area contributed by atoms with Crippen molar-refractivity contribution in [3.05, 3.63) is 58.6 Å². The second kappa shape index (κ2) is 9.65. The molecular formula is C21H25Cl2NO3. The molecule has 0 bridgehead atoms. The Morgan fingerprint density at radius 1 is 1.04 bits per heavy atom. The van der Waals surface area contributed by atoms with E-state index in [1.807, 2.05) is 43.3 Å². The number of piperidine rings is 1. The van der Waals surface area contributed by atoms with Crippen molar-refractivity contribution in [2.24, 2.45) is 0 Å². The van der Waals surface area contributed by atoms with Gasteiger partial charge in [-0.25, -0.2) is 0 Å². The van der Waals surface area contributed by atoms with Gasteiger partial charge >= 0.3 is 0 Å². The number of aliphatic hydroxyl groups excluding tert-OH is 1. The zero-order valence-electron chi connectivity index (χ0n) is 15.4. The molecule has 0 spiro atoms. The topological polar surface area (TPSA) is 41.9 Å². The molecule has 0 aromatic heterocycles. The van der Waals surface area contributed by atoms with E-state index in [1.54, 1.807) is 12.1 Å². The Balaban J connectivity index is 1.44. The molecule has 0 saturated carbocycles. The van der Waals surface area contributed by atoms with E-state index in [0.717, 1.165) is 37.4 Å². The van der Waals surface area contributed by atoms with Crippen LogP contribution in [0.1, 0.15) is 19.8 Å². The average Bonchev–Trinajstić information content (AvgIpc) is 2.70. The molecular weight excluding hydrogens is 385 g/mol. The standard InChI is InChI=1S/C21H25Cl2NO3/c1-15(21(25)14-26-16-5-3-2-4-6-16)24-11-9-17(10-12-24)27-18-7-8-19(22)20(23)13-18/h2-8,13,15,17,21,25H,9-12,14H2,1H3/t15-,21-/m0/s1. The lowest BCUT2D eigenvalue weighted by Gasteiger charge is -2.37. The van der Waals surface area contributed by atoms with Gasteiger partial charge in [-0.1, -0.05) is 41.4 Å². The summed E-state index contributed by atoms with van der Waals surface area (Å²) in [5.41, 5.74) is 0. The van der Waals surface area contributed by atoms with Gasteiger partial charge in [0.15, 0.2) is 0 Å². The van der Waals surface area contributed by atoms with Crippen LogP contribution in [0.2, 0.25) is 10.0 Å². The largest absolute Gasteiger partial charge is 0.491 e. The van der Waals surface area contributed by atoms with E-state index in [2.05, 4.69) is 4.90 Å². The van der Waals surface area contributed by atoms with Gasteiger partial charge in [0.05, 0.1) is 10.0 Å². The van der Waals surface area contributed by atoms with Crippen LogP contribution in [0.4, 0.5) is 0 Å². The molecule has 1 fully saturated rings. The number of rotatable bonds is 7. The van der Waals surface area contributed by atoms with E-state index in [1.165, 1.54) is 0 Å². The fourth-order valence-electron chi connectivity index (χ4n) is 3.22. The molecule has 1 aliphatic heterocycles. The molecule has 1 saturated heterocycles. The van der Waals surface area contributed by atoms with Gasteiger partial charge in [-0.05, 0) is 44.0 Å².